The van der Waals surface area contributed by atoms with Crippen LogP contribution < -0.4 is 9.64 Å². The summed E-state index contributed by atoms with van der Waals surface area (Å²) < 4.78 is 5.81. The molecule has 4 rings (SSSR count). The lowest BCUT2D eigenvalue weighted by Crippen LogP contribution is -2.45. The molecule has 0 spiro atoms. The van der Waals surface area contributed by atoms with E-state index in [-0.39, 0.29) is 12.0 Å². The zero-order valence-corrected chi connectivity index (χ0v) is 16.1. The van der Waals surface area contributed by atoms with Gasteiger partial charge in [-0.2, -0.15) is 19.9 Å². The summed E-state index contributed by atoms with van der Waals surface area (Å²) in [4.78, 5) is 26.6. The van der Waals surface area contributed by atoms with E-state index >= 15 is 0 Å². The standard InChI is InChI=1S/C20H23N7O/c1-3-17-23-18(27-13-11-26(2)12-14-27)25-20(24-17)28-19-21-10-9-16(22-19)15-7-5-4-6-8-15/h4-10H,3,11-14H2,1-2H3. The fraction of sp³-hybridized carbons (Fsp3) is 0.350. The number of hydrogen-bond donors (Lipinski definition) is 0. The Hall–Kier alpha value is -3.13. The lowest BCUT2D eigenvalue weighted by atomic mass is 10.1. The van der Waals surface area contributed by atoms with Gasteiger partial charge in [-0.1, -0.05) is 37.3 Å². The predicted octanol–water partition coefficient (Wildman–Crippen LogP) is 2.44. The van der Waals surface area contributed by atoms with Gasteiger partial charge in [-0.25, -0.2) is 4.98 Å². The van der Waals surface area contributed by atoms with Gasteiger partial charge in [0.05, 0.1) is 5.69 Å². The zero-order chi connectivity index (χ0) is 19.3. The number of aromatic nitrogens is 5. The van der Waals surface area contributed by atoms with E-state index in [1.807, 2.05) is 43.3 Å². The highest BCUT2D eigenvalue weighted by molar-refractivity contribution is 5.58. The summed E-state index contributed by atoms with van der Waals surface area (Å²) >= 11 is 0. The number of hydrogen-bond acceptors (Lipinski definition) is 8. The Kier molecular flexibility index (Phi) is 5.38. The summed E-state index contributed by atoms with van der Waals surface area (Å²) in [5, 5.41) is 0. The molecular weight excluding hydrogens is 354 g/mol. The van der Waals surface area contributed by atoms with Crippen molar-refractivity contribution in [3.63, 3.8) is 0 Å². The van der Waals surface area contributed by atoms with E-state index in [0.717, 1.165) is 37.4 Å². The monoisotopic (exact) mass is 377 g/mol. The van der Waals surface area contributed by atoms with Crippen LogP contribution in [0.4, 0.5) is 5.95 Å². The molecule has 2 aromatic heterocycles. The average molecular weight is 377 g/mol. The second-order valence-electron chi connectivity index (χ2n) is 6.67. The van der Waals surface area contributed by atoms with E-state index in [1.54, 1.807) is 6.20 Å². The van der Waals surface area contributed by atoms with Crippen molar-refractivity contribution in [2.75, 3.05) is 38.1 Å². The molecule has 1 saturated heterocycles. The van der Waals surface area contributed by atoms with E-state index in [9.17, 15) is 0 Å². The highest BCUT2D eigenvalue weighted by Crippen LogP contribution is 2.21. The van der Waals surface area contributed by atoms with Crippen molar-refractivity contribution < 1.29 is 4.74 Å². The Bertz CT molecular complexity index is 927. The summed E-state index contributed by atoms with van der Waals surface area (Å²) in [5.74, 6) is 1.34. The number of anilines is 1. The number of aryl methyl sites for hydroxylation is 1. The maximum absolute atomic E-state index is 5.81. The Morgan fingerprint density at radius 3 is 2.43 bits per heavy atom. The predicted molar refractivity (Wildman–Crippen MR) is 106 cm³/mol. The Morgan fingerprint density at radius 2 is 1.68 bits per heavy atom. The molecule has 1 aliphatic heterocycles. The first kappa shape index (κ1) is 18.2. The van der Waals surface area contributed by atoms with E-state index in [2.05, 4.69) is 41.8 Å². The molecule has 28 heavy (non-hydrogen) atoms. The fourth-order valence-electron chi connectivity index (χ4n) is 2.98. The molecule has 0 saturated carbocycles. The van der Waals surface area contributed by atoms with Crippen molar-refractivity contribution in [1.82, 2.24) is 29.8 Å². The van der Waals surface area contributed by atoms with E-state index in [4.69, 9.17) is 4.74 Å². The van der Waals surface area contributed by atoms with Crippen LogP contribution in [-0.4, -0.2) is 63.0 Å². The molecule has 144 valence electrons. The molecule has 1 fully saturated rings. The minimum Gasteiger partial charge on any atom is -0.388 e. The second-order valence-corrected chi connectivity index (χ2v) is 6.67. The van der Waals surface area contributed by atoms with Crippen LogP contribution in [0, 0.1) is 0 Å². The smallest absolute Gasteiger partial charge is 0.329 e. The van der Waals surface area contributed by atoms with Crippen LogP contribution in [0.15, 0.2) is 42.6 Å². The number of nitrogens with zero attached hydrogens (tertiary/aromatic N) is 7. The summed E-state index contributed by atoms with van der Waals surface area (Å²) in [6.45, 7) is 5.72. The number of benzene rings is 1. The third-order valence-corrected chi connectivity index (χ3v) is 4.64. The Balaban J connectivity index is 1.58. The van der Waals surface area contributed by atoms with Crippen LogP contribution in [0.3, 0.4) is 0 Å². The summed E-state index contributed by atoms with van der Waals surface area (Å²) in [6, 6.07) is 12.2. The van der Waals surface area contributed by atoms with Crippen LogP contribution in [-0.2, 0) is 6.42 Å². The zero-order valence-electron chi connectivity index (χ0n) is 16.1. The SMILES string of the molecule is CCc1nc(Oc2nccc(-c3ccccc3)n2)nc(N2CCN(C)CC2)n1. The topological polar surface area (TPSA) is 80.2 Å². The van der Waals surface area contributed by atoms with Crippen LogP contribution in [0.25, 0.3) is 11.3 Å². The van der Waals surface area contributed by atoms with E-state index < -0.39 is 0 Å². The van der Waals surface area contributed by atoms with Crippen LogP contribution >= 0.6 is 0 Å². The number of rotatable bonds is 5. The Morgan fingerprint density at radius 1 is 0.893 bits per heavy atom. The third-order valence-electron chi connectivity index (χ3n) is 4.64. The number of ether oxygens (including phenoxy) is 1. The molecule has 0 bridgehead atoms. The summed E-state index contributed by atoms with van der Waals surface area (Å²) in [5.41, 5.74) is 1.78. The lowest BCUT2D eigenvalue weighted by molar-refractivity contribution is 0.310. The lowest BCUT2D eigenvalue weighted by Gasteiger charge is -2.32. The van der Waals surface area contributed by atoms with Crippen molar-refractivity contribution in [1.29, 1.82) is 0 Å². The van der Waals surface area contributed by atoms with Crippen molar-refractivity contribution in [2.45, 2.75) is 13.3 Å². The van der Waals surface area contributed by atoms with Gasteiger partial charge in [0.15, 0.2) is 0 Å². The maximum atomic E-state index is 5.81. The third kappa shape index (κ3) is 4.23. The number of likely N-dealkylation sites (N-methyl/N-ethyl adjacent to an activating group) is 1. The fourth-order valence-corrected chi connectivity index (χ4v) is 2.98. The van der Waals surface area contributed by atoms with Gasteiger partial charge >= 0.3 is 12.0 Å². The minimum atomic E-state index is 0.221. The molecule has 3 heterocycles. The molecule has 1 aliphatic rings. The van der Waals surface area contributed by atoms with Gasteiger partial charge in [0, 0.05) is 44.4 Å². The maximum Gasteiger partial charge on any atom is 0.329 e. The molecule has 0 aliphatic carbocycles. The first-order valence-corrected chi connectivity index (χ1v) is 9.46. The van der Waals surface area contributed by atoms with Crippen molar-refractivity contribution in [3.8, 4) is 23.3 Å². The molecule has 3 aromatic rings. The van der Waals surface area contributed by atoms with Gasteiger partial charge < -0.3 is 14.5 Å². The molecular formula is C20H23N7O. The highest BCUT2D eigenvalue weighted by Gasteiger charge is 2.19. The molecule has 8 heteroatoms. The molecule has 0 atom stereocenters. The molecule has 0 N–H and O–H groups in total. The van der Waals surface area contributed by atoms with Gasteiger partial charge in [0.25, 0.3) is 0 Å². The minimum absolute atomic E-state index is 0.221. The molecule has 0 amide bonds. The van der Waals surface area contributed by atoms with Gasteiger partial charge in [-0.05, 0) is 13.1 Å². The molecule has 0 radical (unpaired) electrons. The first-order chi connectivity index (χ1) is 13.7. The largest absolute Gasteiger partial charge is 0.388 e. The molecule has 0 unspecified atom stereocenters. The molecule has 1 aromatic carbocycles. The van der Waals surface area contributed by atoms with Crippen molar-refractivity contribution >= 4 is 5.95 Å². The summed E-state index contributed by atoms with van der Waals surface area (Å²) in [6.07, 6.45) is 2.37. The van der Waals surface area contributed by atoms with Gasteiger partial charge in [0.1, 0.15) is 5.82 Å². The summed E-state index contributed by atoms with van der Waals surface area (Å²) in [7, 11) is 2.12. The van der Waals surface area contributed by atoms with Crippen molar-refractivity contribution in [2.24, 2.45) is 0 Å². The van der Waals surface area contributed by atoms with E-state index in [0.29, 0.717) is 18.2 Å². The van der Waals surface area contributed by atoms with Crippen LogP contribution in [0.5, 0.6) is 12.0 Å². The van der Waals surface area contributed by atoms with Gasteiger partial charge in [0.2, 0.25) is 5.95 Å². The van der Waals surface area contributed by atoms with Crippen LogP contribution in [0.2, 0.25) is 0 Å². The van der Waals surface area contributed by atoms with Gasteiger partial charge in [-0.3, -0.25) is 0 Å². The Labute approximate surface area is 164 Å². The molecule has 8 nitrogen and oxygen atoms in total. The normalized spacial score (nSPS) is 14.9. The van der Waals surface area contributed by atoms with E-state index in [1.165, 1.54) is 0 Å². The number of piperazine rings is 1. The highest BCUT2D eigenvalue weighted by atomic mass is 16.5. The first-order valence-electron chi connectivity index (χ1n) is 9.46. The van der Waals surface area contributed by atoms with Crippen molar-refractivity contribution in [3.05, 3.63) is 48.4 Å². The average Bonchev–Trinajstić information content (AvgIpc) is 2.75. The second kappa shape index (κ2) is 8.26. The quantitative estimate of drug-likeness (QED) is 0.671. The van der Waals surface area contributed by atoms with Crippen LogP contribution in [0.1, 0.15) is 12.7 Å². The van der Waals surface area contributed by atoms with Gasteiger partial charge in [-0.15, -0.1) is 0 Å².